The van der Waals surface area contributed by atoms with Gasteiger partial charge in [-0.3, -0.25) is 4.31 Å². The minimum atomic E-state index is -3.48. The SMILES string of the molecule is CCNS(=O)(=O)N1CC(N)Cc2ccccc21. The smallest absolute Gasteiger partial charge is 0.301 e. The quantitative estimate of drug-likeness (QED) is 0.812. The van der Waals surface area contributed by atoms with Gasteiger partial charge in [-0.1, -0.05) is 25.1 Å². The molecule has 2 rings (SSSR count). The number of anilines is 1. The molecule has 5 nitrogen and oxygen atoms in total. The van der Waals surface area contributed by atoms with Gasteiger partial charge in [0.15, 0.2) is 0 Å². The maximum Gasteiger partial charge on any atom is 0.301 e. The zero-order valence-electron chi connectivity index (χ0n) is 9.76. The van der Waals surface area contributed by atoms with Gasteiger partial charge < -0.3 is 5.73 Å². The first-order valence-corrected chi connectivity index (χ1v) is 7.09. The molecule has 94 valence electrons. The Morgan fingerprint density at radius 3 is 2.88 bits per heavy atom. The molecule has 1 atom stereocenters. The Morgan fingerprint density at radius 2 is 2.18 bits per heavy atom. The van der Waals surface area contributed by atoms with Crippen LogP contribution in [0.5, 0.6) is 0 Å². The van der Waals surface area contributed by atoms with Crippen LogP contribution < -0.4 is 14.8 Å². The van der Waals surface area contributed by atoms with Gasteiger partial charge in [-0.05, 0) is 18.1 Å². The van der Waals surface area contributed by atoms with E-state index in [0.29, 0.717) is 19.5 Å². The van der Waals surface area contributed by atoms with E-state index in [1.54, 1.807) is 6.92 Å². The molecule has 0 saturated carbocycles. The summed E-state index contributed by atoms with van der Waals surface area (Å²) in [5, 5.41) is 0. The van der Waals surface area contributed by atoms with Gasteiger partial charge in [-0.25, -0.2) is 0 Å². The van der Waals surface area contributed by atoms with Crippen molar-refractivity contribution in [1.29, 1.82) is 0 Å². The number of hydrogen-bond donors (Lipinski definition) is 2. The first-order valence-electron chi connectivity index (χ1n) is 5.65. The molecule has 17 heavy (non-hydrogen) atoms. The summed E-state index contributed by atoms with van der Waals surface area (Å²) >= 11 is 0. The van der Waals surface area contributed by atoms with Crippen molar-refractivity contribution in [3.63, 3.8) is 0 Å². The molecule has 6 heteroatoms. The number of rotatable bonds is 3. The Balaban J connectivity index is 2.43. The number of nitrogens with zero attached hydrogens (tertiary/aromatic N) is 1. The van der Waals surface area contributed by atoms with E-state index >= 15 is 0 Å². The van der Waals surface area contributed by atoms with Crippen LogP contribution in [-0.4, -0.2) is 27.5 Å². The number of nitrogens with one attached hydrogen (secondary N) is 1. The Morgan fingerprint density at radius 1 is 1.47 bits per heavy atom. The topological polar surface area (TPSA) is 75.4 Å². The maximum atomic E-state index is 12.1. The molecule has 0 spiro atoms. The third kappa shape index (κ3) is 2.43. The van der Waals surface area contributed by atoms with Crippen LogP contribution >= 0.6 is 0 Å². The number of para-hydroxylation sites is 1. The first kappa shape index (κ1) is 12.3. The lowest BCUT2D eigenvalue weighted by Crippen LogP contribution is -2.50. The van der Waals surface area contributed by atoms with E-state index in [1.807, 2.05) is 24.3 Å². The van der Waals surface area contributed by atoms with Gasteiger partial charge in [0, 0.05) is 12.6 Å². The highest BCUT2D eigenvalue weighted by Crippen LogP contribution is 2.27. The molecule has 1 aliphatic heterocycles. The lowest BCUT2D eigenvalue weighted by molar-refractivity contribution is 0.564. The fourth-order valence-corrected chi connectivity index (χ4v) is 3.42. The largest absolute Gasteiger partial charge is 0.326 e. The lowest BCUT2D eigenvalue weighted by Gasteiger charge is -2.33. The molecule has 0 amide bonds. The lowest BCUT2D eigenvalue weighted by atomic mass is 10.0. The van der Waals surface area contributed by atoms with Crippen molar-refractivity contribution >= 4 is 15.9 Å². The molecule has 0 saturated heterocycles. The number of nitrogens with two attached hydrogens (primary N) is 1. The van der Waals surface area contributed by atoms with Crippen LogP contribution in [-0.2, 0) is 16.6 Å². The van der Waals surface area contributed by atoms with Crippen LogP contribution in [0.4, 0.5) is 5.69 Å². The molecule has 1 heterocycles. The standard InChI is InChI=1S/C11H17N3O2S/c1-2-13-17(15,16)14-8-10(12)7-9-5-3-4-6-11(9)14/h3-6,10,13H,2,7-8,12H2,1H3. The van der Waals surface area contributed by atoms with Gasteiger partial charge in [-0.2, -0.15) is 13.1 Å². The molecular weight excluding hydrogens is 238 g/mol. The monoisotopic (exact) mass is 255 g/mol. The van der Waals surface area contributed by atoms with Gasteiger partial charge >= 0.3 is 10.2 Å². The van der Waals surface area contributed by atoms with Crippen molar-refractivity contribution in [3.8, 4) is 0 Å². The number of fused-ring (bicyclic) bond motifs is 1. The van der Waals surface area contributed by atoms with E-state index in [2.05, 4.69) is 4.72 Å². The summed E-state index contributed by atoms with van der Waals surface area (Å²) in [7, 11) is -3.48. The summed E-state index contributed by atoms with van der Waals surface area (Å²) < 4.78 is 28.0. The third-order valence-electron chi connectivity index (χ3n) is 2.76. The summed E-state index contributed by atoms with van der Waals surface area (Å²) in [6.45, 7) is 2.45. The Labute approximate surface area is 102 Å². The Hall–Kier alpha value is -1.11. The number of benzene rings is 1. The molecule has 1 aromatic carbocycles. The molecule has 1 aromatic rings. The second-order valence-electron chi connectivity index (χ2n) is 4.13. The van der Waals surface area contributed by atoms with Crippen LogP contribution in [0.2, 0.25) is 0 Å². The molecule has 0 aromatic heterocycles. The minimum Gasteiger partial charge on any atom is -0.326 e. The molecule has 1 aliphatic rings. The van der Waals surface area contributed by atoms with Gasteiger partial charge in [0.2, 0.25) is 0 Å². The van der Waals surface area contributed by atoms with Gasteiger partial charge in [-0.15, -0.1) is 0 Å². The first-order chi connectivity index (χ1) is 8.04. The van der Waals surface area contributed by atoms with E-state index in [-0.39, 0.29) is 6.04 Å². The van der Waals surface area contributed by atoms with Gasteiger partial charge in [0.25, 0.3) is 0 Å². The summed E-state index contributed by atoms with van der Waals surface area (Å²) in [5.74, 6) is 0. The van der Waals surface area contributed by atoms with Crippen LogP contribution in [0.25, 0.3) is 0 Å². The molecule has 0 fully saturated rings. The molecule has 3 N–H and O–H groups in total. The van der Waals surface area contributed by atoms with Crippen LogP contribution in [0.1, 0.15) is 12.5 Å². The van der Waals surface area contributed by atoms with E-state index in [1.165, 1.54) is 4.31 Å². The van der Waals surface area contributed by atoms with E-state index < -0.39 is 10.2 Å². The molecule has 1 unspecified atom stereocenters. The summed E-state index contributed by atoms with van der Waals surface area (Å²) in [4.78, 5) is 0. The average molecular weight is 255 g/mol. The fourth-order valence-electron chi connectivity index (χ4n) is 2.07. The van der Waals surface area contributed by atoms with E-state index in [4.69, 9.17) is 5.73 Å². The summed E-state index contributed by atoms with van der Waals surface area (Å²) in [6.07, 6.45) is 0.717. The predicted octanol–water partition coefficient (Wildman–Crippen LogP) is 0.231. The highest BCUT2D eigenvalue weighted by atomic mass is 32.2. The zero-order chi connectivity index (χ0) is 12.5. The average Bonchev–Trinajstić information content (AvgIpc) is 2.27. The fraction of sp³-hybridized carbons (Fsp3) is 0.455. The van der Waals surface area contributed by atoms with Crippen molar-refractivity contribution < 1.29 is 8.42 Å². The predicted molar refractivity (Wildman–Crippen MR) is 68.1 cm³/mol. The highest BCUT2D eigenvalue weighted by Gasteiger charge is 2.29. The van der Waals surface area contributed by atoms with Crippen molar-refractivity contribution in [1.82, 2.24) is 4.72 Å². The normalized spacial score (nSPS) is 20.1. The summed E-state index contributed by atoms with van der Waals surface area (Å²) in [5.41, 5.74) is 7.61. The maximum absolute atomic E-state index is 12.1. The second kappa shape index (κ2) is 4.64. The van der Waals surface area contributed by atoms with Crippen molar-refractivity contribution in [3.05, 3.63) is 29.8 Å². The highest BCUT2D eigenvalue weighted by molar-refractivity contribution is 7.90. The van der Waals surface area contributed by atoms with Crippen LogP contribution in [0.15, 0.2) is 24.3 Å². The minimum absolute atomic E-state index is 0.154. The zero-order valence-corrected chi connectivity index (χ0v) is 10.6. The summed E-state index contributed by atoms with van der Waals surface area (Å²) in [6, 6.07) is 7.32. The number of hydrogen-bond acceptors (Lipinski definition) is 3. The van der Waals surface area contributed by atoms with Gasteiger partial charge in [0.1, 0.15) is 0 Å². The second-order valence-corrected chi connectivity index (χ2v) is 5.81. The molecule has 0 radical (unpaired) electrons. The van der Waals surface area contributed by atoms with Crippen molar-refractivity contribution in [2.24, 2.45) is 5.73 Å². The van der Waals surface area contributed by atoms with E-state index in [9.17, 15) is 8.42 Å². The van der Waals surface area contributed by atoms with Gasteiger partial charge in [0.05, 0.1) is 12.2 Å². The Bertz CT molecular complexity index is 501. The van der Waals surface area contributed by atoms with Crippen molar-refractivity contribution in [2.45, 2.75) is 19.4 Å². The van der Waals surface area contributed by atoms with Crippen LogP contribution in [0.3, 0.4) is 0 Å². The van der Waals surface area contributed by atoms with E-state index in [0.717, 1.165) is 11.3 Å². The Kier molecular flexibility index (Phi) is 3.37. The third-order valence-corrected chi connectivity index (χ3v) is 4.34. The van der Waals surface area contributed by atoms with Crippen molar-refractivity contribution in [2.75, 3.05) is 17.4 Å². The molecule has 0 bridgehead atoms. The molecule has 0 aliphatic carbocycles. The molecular formula is C11H17N3O2S. The van der Waals surface area contributed by atoms with Crippen LogP contribution in [0, 0.1) is 0 Å².